The molecule has 9 heteroatoms. The first kappa shape index (κ1) is 22.0. The zero-order valence-electron chi connectivity index (χ0n) is 15.3. The minimum absolute atomic E-state index is 0.214. The molecule has 148 valence electrons. The second-order valence-electron chi connectivity index (χ2n) is 6.13. The predicted octanol–water partition coefficient (Wildman–Crippen LogP) is 4.24. The molecule has 0 fully saturated rings. The maximum Gasteiger partial charge on any atom is 0.248 e. The molecule has 1 unspecified atom stereocenters. The van der Waals surface area contributed by atoms with E-state index in [-0.39, 0.29) is 28.6 Å². The minimum atomic E-state index is -3.79. The second-order valence-corrected chi connectivity index (χ2v) is 8.86. The number of hydrogen-bond acceptors (Lipinski definition) is 4. The molecule has 0 saturated heterocycles. The van der Waals surface area contributed by atoms with Crippen LogP contribution in [0.5, 0.6) is 0 Å². The van der Waals surface area contributed by atoms with Crippen molar-refractivity contribution < 1.29 is 13.2 Å². The van der Waals surface area contributed by atoms with Gasteiger partial charge < -0.3 is 5.32 Å². The average molecular weight is 440 g/mol. The van der Waals surface area contributed by atoms with Crippen LogP contribution >= 0.6 is 23.2 Å². The summed E-state index contributed by atoms with van der Waals surface area (Å²) in [5.74, 6) is -0.489. The molecule has 0 aromatic heterocycles. The van der Waals surface area contributed by atoms with Crippen molar-refractivity contribution in [3.05, 3.63) is 58.1 Å². The van der Waals surface area contributed by atoms with Crippen molar-refractivity contribution in [1.29, 1.82) is 5.26 Å². The van der Waals surface area contributed by atoms with Crippen LogP contribution in [0.25, 0.3) is 0 Å². The SMILES string of the molecule is CCC(C(=O)Nc1ccc(CC#N)cc1)N(c1cc(Cl)cc(Cl)c1)S(C)(=O)=O. The van der Waals surface area contributed by atoms with Gasteiger partial charge in [-0.3, -0.25) is 9.10 Å². The monoisotopic (exact) mass is 439 g/mol. The van der Waals surface area contributed by atoms with Crippen molar-refractivity contribution in [2.24, 2.45) is 0 Å². The normalized spacial score (nSPS) is 12.1. The summed E-state index contributed by atoms with van der Waals surface area (Å²) in [6.45, 7) is 1.71. The third-order valence-electron chi connectivity index (χ3n) is 3.94. The highest BCUT2D eigenvalue weighted by atomic mass is 35.5. The Balaban J connectivity index is 2.35. The molecule has 2 rings (SSSR count). The average Bonchev–Trinajstić information content (AvgIpc) is 2.59. The zero-order valence-corrected chi connectivity index (χ0v) is 17.6. The van der Waals surface area contributed by atoms with Gasteiger partial charge in [-0.2, -0.15) is 5.26 Å². The lowest BCUT2D eigenvalue weighted by Gasteiger charge is -2.30. The van der Waals surface area contributed by atoms with E-state index in [1.165, 1.54) is 18.2 Å². The molecule has 2 aromatic rings. The summed E-state index contributed by atoms with van der Waals surface area (Å²) in [6, 6.07) is 12.2. The highest BCUT2D eigenvalue weighted by Crippen LogP contribution is 2.29. The Kier molecular flexibility index (Phi) is 7.30. The van der Waals surface area contributed by atoms with E-state index < -0.39 is 22.0 Å². The molecular formula is C19H19Cl2N3O3S. The molecule has 6 nitrogen and oxygen atoms in total. The van der Waals surface area contributed by atoms with Crippen LogP contribution in [0.1, 0.15) is 18.9 Å². The van der Waals surface area contributed by atoms with E-state index in [0.29, 0.717) is 5.69 Å². The van der Waals surface area contributed by atoms with Crippen LogP contribution in [0.4, 0.5) is 11.4 Å². The van der Waals surface area contributed by atoms with Crippen molar-refractivity contribution in [3.8, 4) is 6.07 Å². The number of anilines is 2. The summed E-state index contributed by atoms with van der Waals surface area (Å²) >= 11 is 12.0. The lowest BCUT2D eigenvalue weighted by Crippen LogP contribution is -2.47. The van der Waals surface area contributed by atoms with E-state index in [1.54, 1.807) is 31.2 Å². The van der Waals surface area contributed by atoms with Crippen molar-refractivity contribution in [1.82, 2.24) is 0 Å². The number of benzene rings is 2. The van der Waals surface area contributed by atoms with Gasteiger partial charge in [-0.1, -0.05) is 42.3 Å². The zero-order chi connectivity index (χ0) is 20.9. The number of rotatable bonds is 7. The molecule has 0 heterocycles. The van der Waals surface area contributed by atoms with Gasteiger partial charge in [0, 0.05) is 15.7 Å². The third-order valence-corrected chi connectivity index (χ3v) is 5.55. The van der Waals surface area contributed by atoms with E-state index in [1.807, 2.05) is 6.07 Å². The Bertz CT molecular complexity index is 982. The van der Waals surface area contributed by atoms with Gasteiger partial charge in [0.2, 0.25) is 15.9 Å². The first-order valence-electron chi connectivity index (χ1n) is 8.38. The largest absolute Gasteiger partial charge is 0.324 e. The molecule has 0 aliphatic heterocycles. The number of carbonyl (C=O) groups is 1. The Morgan fingerprint density at radius 2 is 1.75 bits per heavy atom. The van der Waals surface area contributed by atoms with Gasteiger partial charge in [-0.25, -0.2) is 8.42 Å². The number of nitriles is 1. The molecule has 0 saturated carbocycles. The van der Waals surface area contributed by atoms with Crippen molar-refractivity contribution in [3.63, 3.8) is 0 Å². The van der Waals surface area contributed by atoms with Gasteiger partial charge in [0.15, 0.2) is 0 Å². The fraction of sp³-hybridized carbons (Fsp3) is 0.263. The van der Waals surface area contributed by atoms with Gasteiger partial charge in [0.1, 0.15) is 6.04 Å². The molecule has 1 N–H and O–H groups in total. The molecule has 0 bridgehead atoms. The van der Waals surface area contributed by atoms with Gasteiger partial charge >= 0.3 is 0 Å². The summed E-state index contributed by atoms with van der Waals surface area (Å²) in [6.07, 6.45) is 1.52. The minimum Gasteiger partial charge on any atom is -0.324 e. The first-order valence-corrected chi connectivity index (χ1v) is 11.0. The van der Waals surface area contributed by atoms with Crippen LogP contribution in [0.2, 0.25) is 10.0 Å². The molecule has 0 aliphatic carbocycles. The molecule has 1 amide bonds. The Hall–Kier alpha value is -2.27. The lowest BCUT2D eigenvalue weighted by atomic mass is 10.1. The highest BCUT2D eigenvalue weighted by molar-refractivity contribution is 7.92. The quantitative estimate of drug-likeness (QED) is 0.697. The Morgan fingerprint density at radius 3 is 2.21 bits per heavy atom. The molecule has 0 aliphatic rings. The number of hydrogen-bond donors (Lipinski definition) is 1. The van der Waals surface area contributed by atoms with Gasteiger partial charge in [-0.15, -0.1) is 0 Å². The van der Waals surface area contributed by atoms with Gasteiger partial charge in [0.25, 0.3) is 0 Å². The van der Waals surface area contributed by atoms with E-state index >= 15 is 0 Å². The van der Waals surface area contributed by atoms with E-state index in [2.05, 4.69) is 5.32 Å². The number of halogens is 2. The summed E-state index contributed by atoms with van der Waals surface area (Å²) in [7, 11) is -3.79. The van der Waals surface area contributed by atoms with Crippen LogP contribution in [0.3, 0.4) is 0 Å². The van der Waals surface area contributed by atoms with E-state index in [4.69, 9.17) is 28.5 Å². The smallest absolute Gasteiger partial charge is 0.248 e. The fourth-order valence-corrected chi connectivity index (χ4v) is 4.46. The van der Waals surface area contributed by atoms with E-state index in [9.17, 15) is 13.2 Å². The maximum atomic E-state index is 12.9. The summed E-state index contributed by atoms with van der Waals surface area (Å²) in [5.41, 5.74) is 1.54. The number of nitrogens with one attached hydrogen (secondary N) is 1. The summed E-state index contributed by atoms with van der Waals surface area (Å²) in [4.78, 5) is 12.9. The van der Waals surface area contributed by atoms with Crippen molar-refractivity contribution >= 4 is 50.5 Å². The van der Waals surface area contributed by atoms with Crippen LogP contribution in [0.15, 0.2) is 42.5 Å². The fourth-order valence-electron chi connectivity index (χ4n) is 2.75. The number of amides is 1. The van der Waals surface area contributed by atoms with Crippen LogP contribution < -0.4 is 9.62 Å². The Morgan fingerprint density at radius 1 is 1.18 bits per heavy atom. The third kappa shape index (κ3) is 5.61. The maximum absolute atomic E-state index is 12.9. The van der Waals surface area contributed by atoms with Crippen LogP contribution in [-0.2, 0) is 21.2 Å². The van der Waals surface area contributed by atoms with Gasteiger partial charge in [0.05, 0.1) is 24.4 Å². The lowest BCUT2D eigenvalue weighted by molar-refractivity contribution is -0.117. The molecule has 1 atom stereocenters. The molecule has 2 aromatic carbocycles. The van der Waals surface area contributed by atoms with Crippen molar-refractivity contribution in [2.75, 3.05) is 15.9 Å². The number of nitrogens with zero attached hydrogens (tertiary/aromatic N) is 2. The molecule has 0 spiro atoms. The molecular weight excluding hydrogens is 421 g/mol. The summed E-state index contributed by atoms with van der Waals surface area (Å²) in [5, 5.41) is 12.0. The van der Waals surface area contributed by atoms with E-state index in [0.717, 1.165) is 16.1 Å². The number of sulfonamides is 1. The highest BCUT2D eigenvalue weighted by Gasteiger charge is 2.32. The predicted molar refractivity (Wildman–Crippen MR) is 112 cm³/mol. The second kappa shape index (κ2) is 9.28. The Labute approximate surface area is 174 Å². The molecule has 0 radical (unpaired) electrons. The number of carbonyl (C=O) groups excluding carboxylic acids is 1. The first-order chi connectivity index (χ1) is 13.2. The topological polar surface area (TPSA) is 90.3 Å². The van der Waals surface area contributed by atoms with Crippen LogP contribution in [0, 0.1) is 11.3 Å². The molecule has 28 heavy (non-hydrogen) atoms. The van der Waals surface area contributed by atoms with Crippen LogP contribution in [-0.4, -0.2) is 26.6 Å². The van der Waals surface area contributed by atoms with Crippen molar-refractivity contribution in [2.45, 2.75) is 25.8 Å². The van der Waals surface area contributed by atoms with Gasteiger partial charge in [-0.05, 0) is 42.3 Å². The standard InChI is InChI=1S/C19H19Cl2N3O3S/c1-3-18(19(25)23-16-6-4-13(5-7-16)8-9-22)24(28(2,26)27)17-11-14(20)10-15(21)12-17/h4-7,10-12,18H,3,8H2,1-2H3,(H,23,25). The summed E-state index contributed by atoms with van der Waals surface area (Å²) < 4.78 is 25.9.